The summed E-state index contributed by atoms with van der Waals surface area (Å²) >= 11 is 0. The highest BCUT2D eigenvalue weighted by Crippen LogP contribution is 2.36. The molecule has 2 rings (SSSR count). The molecule has 26 heavy (non-hydrogen) atoms. The number of alkyl halides is 6. The van der Waals surface area contributed by atoms with E-state index < -0.39 is 23.5 Å². The van der Waals surface area contributed by atoms with E-state index in [9.17, 15) is 26.3 Å². The van der Waals surface area contributed by atoms with E-state index >= 15 is 0 Å². The maximum absolute atomic E-state index is 12.8. The van der Waals surface area contributed by atoms with Crippen molar-refractivity contribution in [3.8, 4) is 5.75 Å². The molecule has 2 aromatic carbocycles. The van der Waals surface area contributed by atoms with E-state index in [-0.39, 0.29) is 12.4 Å². The summed E-state index contributed by atoms with van der Waals surface area (Å²) in [5, 5.41) is 0. The van der Waals surface area contributed by atoms with Crippen LogP contribution >= 0.6 is 0 Å². The van der Waals surface area contributed by atoms with Gasteiger partial charge in [0.25, 0.3) is 0 Å². The van der Waals surface area contributed by atoms with E-state index in [0.29, 0.717) is 19.3 Å². The zero-order chi connectivity index (χ0) is 19.2. The van der Waals surface area contributed by atoms with Gasteiger partial charge >= 0.3 is 12.4 Å². The predicted octanol–water partition coefficient (Wildman–Crippen LogP) is 6.52. The highest BCUT2D eigenvalue weighted by atomic mass is 19.4. The molecule has 0 unspecified atom stereocenters. The quantitative estimate of drug-likeness (QED) is 0.395. The summed E-state index contributed by atoms with van der Waals surface area (Å²) in [6.45, 7) is 0.153. The minimum absolute atomic E-state index is 0.153. The van der Waals surface area contributed by atoms with Crippen LogP contribution in [0.2, 0.25) is 0 Å². The van der Waals surface area contributed by atoms with Crippen molar-refractivity contribution in [2.45, 2.75) is 38.0 Å². The standard InChI is InChI=1S/C19H18F6O/c20-18(21,22)15-11-9-14(10-12-15)6-2-1-5-13-26-17-8-4-3-7-16(17)19(23,24)25/h3-4,7-12H,1-2,5-6,13H2. The summed E-state index contributed by atoms with van der Waals surface area (Å²) in [6, 6.07) is 10.0. The molecule has 0 aliphatic rings. The number of hydrogen-bond donors (Lipinski definition) is 0. The molecule has 0 atom stereocenters. The molecule has 0 bridgehead atoms. The lowest BCUT2D eigenvalue weighted by Gasteiger charge is -2.13. The fourth-order valence-electron chi connectivity index (χ4n) is 2.48. The first-order chi connectivity index (χ1) is 12.2. The fourth-order valence-corrected chi connectivity index (χ4v) is 2.48. The Balaban J connectivity index is 1.72. The van der Waals surface area contributed by atoms with E-state index in [1.807, 2.05) is 0 Å². The Morgan fingerprint density at radius 2 is 1.35 bits per heavy atom. The van der Waals surface area contributed by atoms with Crippen LogP contribution in [-0.2, 0) is 18.8 Å². The smallest absolute Gasteiger partial charge is 0.419 e. The van der Waals surface area contributed by atoms with Crippen LogP contribution in [0.15, 0.2) is 48.5 Å². The molecule has 0 fully saturated rings. The van der Waals surface area contributed by atoms with Crippen molar-refractivity contribution in [2.75, 3.05) is 6.61 Å². The molecule has 7 heteroatoms. The first kappa shape index (κ1) is 20.1. The molecule has 142 valence electrons. The van der Waals surface area contributed by atoms with Gasteiger partial charge in [0.1, 0.15) is 5.75 Å². The van der Waals surface area contributed by atoms with Crippen LogP contribution in [0.5, 0.6) is 5.75 Å². The van der Waals surface area contributed by atoms with Crippen LogP contribution in [0.4, 0.5) is 26.3 Å². The second-order valence-corrected chi connectivity index (χ2v) is 5.85. The lowest BCUT2D eigenvalue weighted by molar-refractivity contribution is -0.139. The minimum atomic E-state index is -4.46. The van der Waals surface area contributed by atoms with E-state index in [1.54, 1.807) is 0 Å². The van der Waals surface area contributed by atoms with E-state index in [2.05, 4.69) is 0 Å². The summed E-state index contributed by atoms with van der Waals surface area (Å²) in [7, 11) is 0. The topological polar surface area (TPSA) is 9.23 Å². The zero-order valence-corrected chi connectivity index (χ0v) is 13.8. The lowest BCUT2D eigenvalue weighted by atomic mass is 10.1. The third-order valence-corrected chi connectivity index (χ3v) is 3.84. The fraction of sp³-hybridized carbons (Fsp3) is 0.368. The number of para-hydroxylation sites is 1. The molecule has 0 heterocycles. The first-order valence-corrected chi connectivity index (χ1v) is 8.13. The number of aryl methyl sites for hydroxylation is 1. The van der Waals surface area contributed by atoms with Gasteiger partial charge in [-0.1, -0.05) is 24.3 Å². The molecule has 0 amide bonds. The van der Waals surface area contributed by atoms with Gasteiger partial charge < -0.3 is 4.74 Å². The van der Waals surface area contributed by atoms with Crippen molar-refractivity contribution in [2.24, 2.45) is 0 Å². The molecule has 0 N–H and O–H groups in total. The molecule has 0 spiro atoms. The Morgan fingerprint density at radius 1 is 0.692 bits per heavy atom. The van der Waals surface area contributed by atoms with Gasteiger partial charge in [0.15, 0.2) is 0 Å². The summed E-state index contributed by atoms with van der Waals surface area (Å²) in [6.07, 6.45) is -6.21. The predicted molar refractivity (Wildman–Crippen MR) is 85.9 cm³/mol. The first-order valence-electron chi connectivity index (χ1n) is 8.13. The number of benzene rings is 2. The maximum Gasteiger partial charge on any atom is 0.419 e. The molecule has 1 nitrogen and oxygen atoms in total. The van der Waals surface area contributed by atoms with E-state index in [0.717, 1.165) is 30.2 Å². The van der Waals surface area contributed by atoms with Crippen molar-refractivity contribution < 1.29 is 31.1 Å². The van der Waals surface area contributed by atoms with Crippen LogP contribution in [0, 0.1) is 0 Å². The Kier molecular flexibility index (Phi) is 6.56. The van der Waals surface area contributed by atoms with Crippen LogP contribution < -0.4 is 4.74 Å². The zero-order valence-electron chi connectivity index (χ0n) is 13.8. The highest BCUT2D eigenvalue weighted by Gasteiger charge is 2.34. The number of hydrogen-bond acceptors (Lipinski definition) is 1. The van der Waals surface area contributed by atoms with Gasteiger partial charge in [-0.15, -0.1) is 0 Å². The molecular weight excluding hydrogens is 358 g/mol. The molecule has 0 aliphatic heterocycles. The Morgan fingerprint density at radius 3 is 1.96 bits per heavy atom. The maximum atomic E-state index is 12.8. The average Bonchev–Trinajstić information content (AvgIpc) is 2.57. The van der Waals surface area contributed by atoms with Crippen molar-refractivity contribution >= 4 is 0 Å². The van der Waals surface area contributed by atoms with Crippen LogP contribution in [0.25, 0.3) is 0 Å². The summed E-state index contributed by atoms with van der Waals surface area (Å²) in [5.41, 5.74) is -0.691. The van der Waals surface area contributed by atoms with Gasteiger partial charge in [0.2, 0.25) is 0 Å². The monoisotopic (exact) mass is 376 g/mol. The number of unbranched alkanes of at least 4 members (excludes halogenated alkanes) is 2. The van der Waals surface area contributed by atoms with Gasteiger partial charge in [-0.3, -0.25) is 0 Å². The normalized spacial score (nSPS) is 12.2. The van der Waals surface area contributed by atoms with Crippen LogP contribution in [-0.4, -0.2) is 6.61 Å². The highest BCUT2D eigenvalue weighted by molar-refractivity contribution is 5.35. The van der Waals surface area contributed by atoms with Gasteiger partial charge in [-0.25, -0.2) is 0 Å². The van der Waals surface area contributed by atoms with Gasteiger partial charge in [-0.2, -0.15) is 26.3 Å². The Hall–Kier alpha value is -2.18. The SMILES string of the molecule is FC(F)(F)c1ccc(CCCCCOc2ccccc2C(F)(F)F)cc1. The lowest BCUT2D eigenvalue weighted by Crippen LogP contribution is -2.09. The summed E-state index contributed by atoms with van der Waals surface area (Å²) in [4.78, 5) is 0. The number of rotatable bonds is 7. The Bertz CT molecular complexity index is 688. The van der Waals surface area contributed by atoms with Crippen molar-refractivity contribution in [1.29, 1.82) is 0 Å². The second-order valence-electron chi connectivity index (χ2n) is 5.85. The second kappa shape index (κ2) is 8.47. The Labute approximate surface area is 147 Å². The summed E-state index contributed by atoms with van der Waals surface area (Å²) < 4.78 is 81.1. The van der Waals surface area contributed by atoms with Crippen molar-refractivity contribution in [3.05, 3.63) is 65.2 Å². The van der Waals surface area contributed by atoms with Crippen LogP contribution in [0.1, 0.15) is 36.0 Å². The molecule has 0 saturated heterocycles. The van der Waals surface area contributed by atoms with Crippen molar-refractivity contribution in [1.82, 2.24) is 0 Å². The van der Waals surface area contributed by atoms with Crippen molar-refractivity contribution in [3.63, 3.8) is 0 Å². The molecular formula is C19H18F6O. The number of halogens is 6. The third kappa shape index (κ3) is 5.97. The third-order valence-electron chi connectivity index (χ3n) is 3.84. The van der Waals surface area contributed by atoms with Gasteiger partial charge in [-0.05, 0) is 55.5 Å². The molecule has 2 aromatic rings. The largest absolute Gasteiger partial charge is 0.493 e. The van der Waals surface area contributed by atoms with Gasteiger partial charge in [0, 0.05) is 0 Å². The molecule has 0 aliphatic carbocycles. The van der Waals surface area contributed by atoms with Gasteiger partial charge in [0.05, 0.1) is 17.7 Å². The average molecular weight is 376 g/mol. The molecule has 0 aromatic heterocycles. The number of ether oxygens (including phenoxy) is 1. The van der Waals surface area contributed by atoms with E-state index in [4.69, 9.17) is 4.74 Å². The summed E-state index contributed by atoms with van der Waals surface area (Å²) in [5.74, 6) is -0.192. The molecule has 0 saturated carbocycles. The van der Waals surface area contributed by atoms with Crippen LogP contribution in [0.3, 0.4) is 0 Å². The molecule has 0 radical (unpaired) electrons. The van der Waals surface area contributed by atoms with E-state index in [1.165, 1.54) is 30.3 Å². The minimum Gasteiger partial charge on any atom is -0.493 e.